The summed E-state index contributed by atoms with van der Waals surface area (Å²) in [7, 11) is 0. The van der Waals surface area contributed by atoms with E-state index in [2.05, 4.69) is 27.7 Å². The third-order valence-electron chi connectivity index (χ3n) is 5.74. The highest BCUT2D eigenvalue weighted by Crippen LogP contribution is 2.24. The van der Waals surface area contributed by atoms with Crippen LogP contribution in [0.15, 0.2) is 90.2 Å². The number of hydrogen-bond acceptors (Lipinski definition) is 6. The Morgan fingerprint density at radius 1 is 1.15 bits per heavy atom. The van der Waals surface area contributed by atoms with Crippen LogP contribution in [0.3, 0.4) is 0 Å². The van der Waals surface area contributed by atoms with Gasteiger partial charge in [0.05, 0.1) is 17.4 Å². The van der Waals surface area contributed by atoms with E-state index >= 15 is 0 Å². The SMILES string of the molecule is C=C/C=C(\C)C1COC(=O)N1C(=O)c1cccc(N/N=C(\C=C\NC(=O)Nc2ccc(Cl)cc2)C(C)(C)C)c1. The molecule has 1 aliphatic heterocycles. The van der Waals surface area contributed by atoms with Crippen LogP contribution >= 0.6 is 11.6 Å². The monoisotopic (exact) mass is 549 g/mol. The van der Waals surface area contributed by atoms with E-state index in [-0.39, 0.29) is 12.0 Å². The summed E-state index contributed by atoms with van der Waals surface area (Å²) in [5.41, 5.74) is 5.49. The fraction of sp³-hybridized carbons (Fsp3) is 0.241. The molecule has 1 fully saturated rings. The Bertz CT molecular complexity index is 1330. The largest absolute Gasteiger partial charge is 0.447 e. The molecule has 4 amide bonds. The number of imide groups is 1. The second-order valence-corrected chi connectivity index (χ2v) is 10.2. The van der Waals surface area contributed by atoms with Gasteiger partial charge < -0.3 is 15.4 Å². The Balaban J connectivity index is 1.71. The first-order valence-electron chi connectivity index (χ1n) is 12.2. The van der Waals surface area contributed by atoms with E-state index in [0.717, 1.165) is 10.5 Å². The summed E-state index contributed by atoms with van der Waals surface area (Å²) >= 11 is 5.87. The van der Waals surface area contributed by atoms with Gasteiger partial charge in [-0.1, -0.05) is 57.2 Å². The molecule has 204 valence electrons. The van der Waals surface area contributed by atoms with Gasteiger partial charge in [-0.2, -0.15) is 5.10 Å². The number of anilines is 2. The summed E-state index contributed by atoms with van der Waals surface area (Å²) in [6.07, 6.45) is 5.84. The number of rotatable bonds is 8. The van der Waals surface area contributed by atoms with Gasteiger partial charge in [-0.15, -0.1) is 0 Å². The molecule has 3 rings (SSSR count). The summed E-state index contributed by atoms with van der Waals surface area (Å²) in [4.78, 5) is 38.9. The molecule has 0 radical (unpaired) electrons. The smallest absolute Gasteiger partial charge is 0.417 e. The van der Waals surface area contributed by atoms with Crippen molar-refractivity contribution in [3.63, 3.8) is 0 Å². The zero-order chi connectivity index (χ0) is 28.6. The van der Waals surface area contributed by atoms with Crippen LogP contribution in [0, 0.1) is 5.41 Å². The Hall–Kier alpha value is -4.37. The van der Waals surface area contributed by atoms with Crippen LogP contribution in [0.5, 0.6) is 0 Å². The highest BCUT2D eigenvalue weighted by atomic mass is 35.5. The fourth-order valence-electron chi connectivity index (χ4n) is 3.62. The van der Waals surface area contributed by atoms with Crippen LogP contribution in [0.4, 0.5) is 21.0 Å². The first-order valence-corrected chi connectivity index (χ1v) is 12.6. The Morgan fingerprint density at radius 2 is 1.87 bits per heavy atom. The van der Waals surface area contributed by atoms with E-state index in [1.165, 1.54) is 6.20 Å². The topological polar surface area (TPSA) is 112 Å². The molecule has 10 heteroatoms. The molecule has 1 atom stereocenters. The maximum Gasteiger partial charge on any atom is 0.417 e. The van der Waals surface area contributed by atoms with Crippen molar-refractivity contribution < 1.29 is 19.1 Å². The van der Waals surface area contributed by atoms with E-state index in [9.17, 15) is 14.4 Å². The lowest BCUT2D eigenvalue weighted by Gasteiger charge is -2.21. The van der Waals surface area contributed by atoms with Crippen molar-refractivity contribution in [2.45, 2.75) is 33.7 Å². The number of nitrogens with one attached hydrogen (secondary N) is 3. The number of hydrazone groups is 1. The molecule has 0 saturated carbocycles. The van der Waals surface area contributed by atoms with Gasteiger partial charge in [0, 0.05) is 27.9 Å². The maximum atomic E-state index is 13.2. The molecule has 9 nitrogen and oxygen atoms in total. The molecule has 1 saturated heterocycles. The Kier molecular flexibility index (Phi) is 9.68. The number of carbonyl (C=O) groups is 3. The van der Waals surface area contributed by atoms with Gasteiger partial charge in [-0.25, -0.2) is 14.5 Å². The second kappa shape index (κ2) is 12.9. The minimum Gasteiger partial charge on any atom is -0.447 e. The van der Waals surface area contributed by atoms with Crippen molar-refractivity contribution in [2.75, 3.05) is 17.3 Å². The molecule has 0 spiro atoms. The lowest BCUT2D eigenvalue weighted by molar-refractivity contribution is 0.0786. The van der Waals surface area contributed by atoms with Crippen LogP contribution in [-0.2, 0) is 4.74 Å². The molecule has 1 aliphatic rings. The summed E-state index contributed by atoms with van der Waals surface area (Å²) in [5.74, 6) is -0.473. The molecular formula is C29H32ClN5O4. The van der Waals surface area contributed by atoms with Crippen LogP contribution in [0.1, 0.15) is 38.1 Å². The zero-order valence-corrected chi connectivity index (χ0v) is 23.1. The Morgan fingerprint density at radius 3 is 2.54 bits per heavy atom. The molecule has 2 aromatic rings. The molecular weight excluding hydrogens is 518 g/mol. The molecule has 0 aromatic heterocycles. The molecule has 0 aliphatic carbocycles. The van der Waals surface area contributed by atoms with E-state index in [1.807, 2.05) is 27.7 Å². The van der Waals surface area contributed by atoms with E-state index in [4.69, 9.17) is 16.3 Å². The molecule has 1 heterocycles. The van der Waals surface area contributed by atoms with Crippen LogP contribution in [0.25, 0.3) is 0 Å². The van der Waals surface area contributed by atoms with Gasteiger partial charge in [0.2, 0.25) is 0 Å². The fourth-order valence-corrected chi connectivity index (χ4v) is 3.74. The van der Waals surface area contributed by atoms with Crippen molar-refractivity contribution in [2.24, 2.45) is 10.5 Å². The number of cyclic esters (lactones) is 1. The number of halogens is 1. The van der Waals surface area contributed by atoms with E-state index in [1.54, 1.807) is 66.8 Å². The van der Waals surface area contributed by atoms with E-state index < -0.39 is 24.1 Å². The second-order valence-electron chi connectivity index (χ2n) is 9.79. The van der Waals surface area contributed by atoms with Crippen LogP contribution in [-0.4, -0.2) is 41.3 Å². The average Bonchev–Trinajstić information content (AvgIpc) is 3.28. The number of urea groups is 1. The van der Waals surface area contributed by atoms with Gasteiger partial charge in [0.25, 0.3) is 5.91 Å². The molecule has 2 aromatic carbocycles. The summed E-state index contributed by atoms with van der Waals surface area (Å²) in [6.45, 7) is 11.5. The van der Waals surface area contributed by atoms with Crippen LogP contribution in [0.2, 0.25) is 5.02 Å². The highest BCUT2D eigenvalue weighted by Gasteiger charge is 2.39. The average molecular weight is 550 g/mol. The molecule has 0 bridgehead atoms. The quantitative estimate of drug-likeness (QED) is 0.195. The van der Waals surface area contributed by atoms with Crippen LogP contribution < -0.4 is 16.1 Å². The predicted octanol–water partition coefficient (Wildman–Crippen LogP) is 6.58. The zero-order valence-electron chi connectivity index (χ0n) is 22.3. The van der Waals surface area contributed by atoms with Gasteiger partial charge in [-0.05, 0) is 61.0 Å². The van der Waals surface area contributed by atoms with Crippen molar-refractivity contribution in [1.29, 1.82) is 0 Å². The number of allylic oxidation sites excluding steroid dienone is 3. The number of benzene rings is 2. The Labute approximate surface area is 233 Å². The maximum absolute atomic E-state index is 13.2. The molecule has 1 unspecified atom stereocenters. The van der Waals surface area contributed by atoms with Crippen molar-refractivity contribution >= 4 is 46.7 Å². The van der Waals surface area contributed by atoms with Gasteiger partial charge in [0.15, 0.2) is 0 Å². The normalized spacial score (nSPS) is 16.2. The minimum atomic E-state index is -0.689. The summed E-state index contributed by atoms with van der Waals surface area (Å²) in [6, 6.07) is 12.5. The highest BCUT2D eigenvalue weighted by molar-refractivity contribution is 6.30. The number of carbonyl (C=O) groups excluding carboxylic acids is 3. The van der Waals surface area contributed by atoms with Crippen molar-refractivity contribution in [3.8, 4) is 0 Å². The number of amides is 4. The lowest BCUT2D eigenvalue weighted by Crippen LogP contribution is -2.39. The van der Waals surface area contributed by atoms with Crippen molar-refractivity contribution in [3.05, 3.63) is 95.7 Å². The summed E-state index contributed by atoms with van der Waals surface area (Å²) < 4.78 is 5.13. The molecule has 3 N–H and O–H groups in total. The predicted molar refractivity (Wildman–Crippen MR) is 155 cm³/mol. The van der Waals surface area contributed by atoms with E-state index in [0.29, 0.717) is 27.7 Å². The first-order chi connectivity index (χ1) is 18.5. The number of hydrogen-bond donors (Lipinski definition) is 3. The number of ether oxygens (including phenoxy) is 1. The van der Waals surface area contributed by atoms with Crippen molar-refractivity contribution in [1.82, 2.24) is 10.2 Å². The van der Waals surface area contributed by atoms with Gasteiger partial charge in [-0.3, -0.25) is 10.2 Å². The first kappa shape index (κ1) is 29.2. The van der Waals surface area contributed by atoms with Gasteiger partial charge >= 0.3 is 12.1 Å². The number of nitrogens with zero attached hydrogens (tertiary/aromatic N) is 2. The third-order valence-corrected chi connectivity index (χ3v) is 5.99. The summed E-state index contributed by atoms with van der Waals surface area (Å²) in [5, 5.41) is 10.4. The van der Waals surface area contributed by atoms with Gasteiger partial charge in [0.1, 0.15) is 6.61 Å². The standard InChI is InChI=1S/C29H32ClN5O4/c1-6-8-19(2)24-18-39-28(38)35(24)26(36)20-9-7-10-23(17-20)33-34-25(29(3,4)5)15-16-31-27(37)32-22-13-11-21(30)12-14-22/h6-17,24,33H,1,18H2,2-5H3,(H2,31,32,37)/b16-15+,19-8+,34-25+. The minimum absolute atomic E-state index is 0.0933. The third kappa shape index (κ3) is 8.05. The lowest BCUT2D eigenvalue weighted by atomic mass is 9.90. The molecule has 39 heavy (non-hydrogen) atoms.